The summed E-state index contributed by atoms with van der Waals surface area (Å²) >= 11 is 6.78. The minimum atomic E-state index is -0.0616. The zero-order chi connectivity index (χ0) is 22.7. The van der Waals surface area contributed by atoms with Gasteiger partial charge < -0.3 is 4.74 Å². The van der Waals surface area contributed by atoms with Crippen molar-refractivity contribution in [3.8, 4) is 22.7 Å². The Hall–Kier alpha value is -2.90. The molecule has 0 spiro atoms. The lowest BCUT2D eigenvalue weighted by atomic mass is 10.1. The number of para-hydroxylation sites is 1. The average molecular weight is 464 g/mol. The number of amides is 1. The van der Waals surface area contributed by atoms with Crippen molar-refractivity contribution in [2.24, 2.45) is 0 Å². The van der Waals surface area contributed by atoms with Crippen molar-refractivity contribution in [1.29, 1.82) is 0 Å². The fourth-order valence-corrected chi connectivity index (χ4v) is 4.96. The molecule has 0 unspecified atom stereocenters. The minimum Gasteiger partial charge on any atom is -0.494 e. The number of carbonyl (C=O) groups excluding carboxylic acids is 1. The van der Waals surface area contributed by atoms with E-state index in [-0.39, 0.29) is 11.9 Å². The molecule has 0 saturated carbocycles. The molecule has 3 aromatic rings. The Bertz CT molecular complexity index is 1170. The van der Waals surface area contributed by atoms with Crippen LogP contribution in [0.25, 0.3) is 23.0 Å². The maximum Gasteiger partial charge on any atom is 0.266 e. The van der Waals surface area contributed by atoms with Crippen molar-refractivity contribution in [3.63, 3.8) is 0 Å². The number of hydrogen-bond acceptors (Lipinski definition) is 5. The van der Waals surface area contributed by atoms with E-state index in [2.05, 4.69) is 6.92 Å². The molecule has 5 nitrogen and oxygen atoms in total. The first-order valence-electron chi connectivity index (χ1n) is 10.6. The first kappa shape index (κ1) is 22.3. The third-order valence-corrected chi connectivity index (χ3v) is 6.30. The smallest absolute Gasteiger partial charge is 0.266 e. The Morgan fingerprint density at radius 2 is 1.94 bits per heavy atom. The molecule has 0 atom stereocenters. The van der Waals surface area contributed by atoms with E-state index in [4.69, 9.17) is 22.1 Å². The third kappa shape index (κ3) is 4.64. The number of thioether (sulfide) groups is 1. The van der Waals surface area contributed by atoms with Gasteiger partial charge in [0.25, 0.3) is 5.91 Å². The molecule has 164 valence electrons. The zero-order valence-electron chi connectivity index (χ0n) is 18.3. The molecule has 1 aliphatic rings. The maximum atomic E-state index is 13.0. The summed E-state index contributed by atoms with van der Waals surface area (Å²) in [6.07, 6.45) is 4.78. The van der Waals surface area contributed by atoms with Crippen molar-refractivity contribution in [3.05, 3.63) is 71.3 Å². The van der Waals surface area contributed by atoms with Crippen LogP contribution >= 0.6 is 24.0 Å². The largest absolute Gasteiger partial charge is 0.494 e. The number of aromatic nitrogens is 2. The third-order valence-electron chi connectivity index (χ3n) is 4.97. The quantitative estimate of drug-likeness (QED) is 0.321. The lowest BCUT2D eigenvalue weighted by molar-refractivity contribution is -0.123. The summed E-state index contributed by atoms with van der Waals surface area (Å²) in [6, 6.07) is 17.8. The van der Waals surface area contributed by atoms with Gasteiger partial charge in [-0.15, -0.1) is 0 Å². The molecular formula is C25H25N3O2S2. The summed E-state index contributed by atoms with van der Waals surface area (Å²) in [6.45, 7) is 6.67. The van der Waals surface area contributed by atoms with Gasteiger partial charge in [-0.2, -0.15) is 5.10 Å². The first-order valence-corrected chi connectivity index (χ1v) is 11.9. The molecule has 0 N–H and O–H groups in total. The predicted octanol–water partition coefficient (Wildman–Crippen LogP) is 5.94. The van der Waals surface area contributed by atoms with Crippen LogP contribution in [0.2, 0.25) is 0 Å². The van der Waals surface area contributed by atoms with Crippen LogP contribution in [0.15, 0.2) is 65.7 Å². The van der Waals surface area contributed by atoms with Crippen LogP contribution in [0.5, 0.6) is 5.75 Å². The van der Waals surface area contributed by atoms with Gasteiger partial charge in [0.15, 0.2) is 0 Å². The minimum absolute atomic E-state index is 0.0207. The van der Waals surface area contributed by atoms with E-state index in [1.54, 1.807) is 4.90 Å². The van der Waals surface area contributed by atoms with Crippen LogP contribution in [-0.2, 0) is 4.79 Å². The summed E-state index contributed by atoms with van der Waals surface area (Å²) in [4.78, 5) is 15.2. The molecule has 4 rings (SSSR count). The zero-order valence-corrected chi connectivity index (χ0v) is 20.0. The van der Waals surface area contributed by atoms with Crippen molar-refractivity contribution in [2.45, 2.75) is 33.2 Å². The van der Waals surface area contributed by atoms with Gasteiger partial charge in [-0.3, -0.25) is 9.69 Å². The molecule has 1 aromatic heterocycles. The molecule has 1 amide bonds. The molecule has 1 fully saturated rings. The van der Waals surface area contributed by atoms with Gasteiger partial charge in [0, 0.05) is 23.4 Å². The van der Waals surface area contributed by atoms with Gasteiger partial charge in [-0.25, -0.2) is 4.68 Å². The normalized spacial score (nSPS) is 15.2. The Morgan fingerprint density at radius 1 is 1.16 bits per heavy atom. The van der Waals surface area contributed by atoms with Crippen LogP contribution < -0.4 is 4.74 Å². The number of rotatable bonds is 7. The highest BCUT2D eigenvalue weighted by Crippen LogP contribution is 2.36. The molecule has 0 aliphatic carbocycles. The van der Waals surface area contributed by atoms with E-state index in [9.17, 15) is 4.79 Å². The van der Waals surface area contributed by atoms with Crippen LogP contribution in [0.3, 0.4) is 0 Å². The summed E-state index contributed by atoms with van der Waals surface area (Å²) in [5, 5.41) is 4.86. The molecule has 32 heavy (non-hydrogen) atoms. The number of benzene rings is 2. The molecule has 2 heterocycles. The molecule has 1 saturated heterocycles. The van der Waals surface area contributed by atoms with E-state index in [0.29, 0.717) is 15.8 Å². The Balaban J connectivity index is 1.79. The number of hydrogen-bond donors (Lipinski definition) is 0. The summed E-state index contributed by atoms with van der Waals surface area (Å²) < 4.78 is 8.25. The monoisotopic (exact) mass is 463 g/mol. The van der Waals surface area contributed by atoms with Crippen molar-refractivity contribution >= 4 is 40.3 Å². The number of nitrogens with zero attached hydrogens (tertiary/aromatic N) is 3. The second-order valence-electron chi connectivity index (χ2n) is 7.73. The van der Waals surface area contributed by atoms with Gasteiger partial charge in [0.05, 0.1) is 17.2 Å². The lowest BCUT2D eigenvalue weighted by Gasteiger charge is -2.18. The first-order chi connectivity index (χ1) is 15.5. The predicted molar refractivity (Wildman–Crippen MR) is 135 cm³/mol. The van der Waals surface area contributed by atoms with E-state index in [1.807, 2.05) is 85.4 Å². The second kappa shape index (κ2) is 9.71. The highest BCUT2D eigenvalue weighted by atomic mass is 32.2. The van der Waals surface area contributed by atoms with Gasteiger partial charge in [-0.1, -0.05) is 61.2 Å². The second-order valence-corrected chi connectivity index (χ2v) is 9.41. The van der Waals surface area contributed by atoms with E-state index in [1.165, 1.54) is 11.8 Å². The van der Waals surface area contributed by atoms with E-state index >= 15 is 0 Å². The fourth-order valence-electron chi connectivity index (χ4n) is 3.45. The van der Waals surface area contributed by atoms with E-state index < -0.39 is 0 Å². The van der Waals surface area contributed by atoms with Gasteiger partial charge >= 0.3 is 0 Å². The molecular weight excluding hydrogens is 438 g/mol. The number of carbonyl (C=O) groups is 1. The molecule has 0 radical (unpaired) electrons. The summed E-state index contributed by atoms with van der Waals surface area (Å²) in [5.41, 5.74) is 3.51. The van der Waals surface area contributed by atoms with Crippen LogP contribution in [-0.4, -0.2) is 37.6 Å². The summed E-state index contributed by atoms with van der Waals surface area (Å²) in [5.74, 6) is 0.740. The van der Waals surface area contributed by atoms with Gasteiger partial charge in [0.1, 0.15) is 15.8 Å². The maximum absolute atomic E-state index is 13.0. The highest BCUT2D eigenvalue weighted by Gasteiger charge is 2.34. The topological polar surface area (TPSA) is 47.4 Å². The molecule has 7 heteroatoms. The summed E-state index contributed by atoms with van der Waals surface area (Å²) in [7, 11) is 0. The van der Waals surface area contributed by atoms with Crippen molar-refractivity contribution in [1.82, 2.24) is 14.7 Å². The van der Waals surface area contributed by atoms with Crippen LogP contribution in [0.1, 0.15) is 32.8 Å². The molecule has 1 aliphatic heterocycles. The van der Waals surface area contributed by atoms with Crippen LogP contribution in [0.4, 0.5) is 0 Å². The number of ether oxygens (including phenoxy) is 1. The molecule has 2 aromatic carbocycles. The SMILES string of the molecule is CCCOc1cccc(-c2nn(-c3ccccc3)cc2/C=C2\SC(=S)N(C(C)C)C2=O)c1. The average Bonchev–Trinajstić information content (AvgIpc) is 3.33. The number of thiocarbonyl (C=S) groups is 1. The Morgan fingerprint density at radius 3 is 2.62 bits per heavy atom. The van der Waals surface area contributed by atoms with Crippen LogP contribution in [0, 0.1) is 0 Å². The fraction of sp³-hybridized carbons (Fsp3) is 0.240. The van der Waals surface area contributed by atoms with Crippen molar-refractivity contribution in [2.75, 3.05) is 6.61 Å². The highest BCUT2D eigenvalue weighted by molar-refractivity contribution is 8.26. The Kier molecular flexibility index (Phi) is 6.77. The molecule has 0 bridgehead atoms. The van der Waals surface area contributed by atoms with Gasteiger partial charge in [0.2, 0.25) is 0 Å². The van der Waals surface area contributed by atoms with Crippen molar-refractivity contribution < 1.29 is 9.53 Å². The van der Waals surface area contributed by atoms with E-state index in [0.717, 1.165) is 34.7 Å². The van der Waals surface area contributed by atoms with Gasteiger partial charge in [-0.05, 0) is 50.6 Å². The Labute approximate surface area is 198 Å². The lowest BCUT2D eigenvalue weighted by Crippen LogP contribution is -2.34. The standard InChI is InChI=1S/C25H25N3O2S2/c1-4-13-30-21-12-8-9-18(14-21)23-19(16-27(26-23)20-10-6-5-7-11-20)15-22-24(29)28(17(2)3)25(31)32-22/h5-12,14-17H,4,13H2,1-3H3/b22-15-.